The van der Waals surface area contributed by atoms with E-state index in [1.807, 2.05) is 6.08 Å². The van der Waals surface area contributed by atoms with Gasteiger partial charge >= 0.3 is 0 Å². The number of hydrogen-bond acceptors (Lipinski definition) is 3. The highest BCUT2D eigenvalue weighted by Crippen LogP contribution is 2.55. The molecule has 3 nitrogen and oxygen atoms in total. The fraction of sp³-hybridized carbons (Fsp3) is 0.812. The van der Waals surface area contributed by atoms with Crippen LogP contribution in [0.4, 0.5) is 0 Å². The maximum absolute atomic E-state index is 12.5. The van der Waals surface area contributed by atoms with Crippen LogP contribution in [0.2, 0.25) is 18.1 Å². The van der Waals surface area contributed by atoms with Crippen molar-refractivity contribution in [2.45, 2.75) is 63.4 Å². The summed E-state index contributed by atoms with van der Waals surface area (Å²) in [6, 6.07) is 0. The first-order valence-electron chi connectivity index (χ1n) is 7.58. The summed E-state index contributed by atoms with van der Waals surface area (Å²) in [6.07, 6.45) is 3.05. The first kappa shape index (κ1) is 15.9. The van der Waals surface area contributed by atoms with Crippen molar-refractivity contribution in [2.24, 2.45) is 5.92 Å². The van der Waals surface area contributed by atoms with Crippen LogP contribution in [0.5, 0.6) is 0 Å². The average Bonchev–Trinajstić information content (AvgIpc) is 2.77. The molecule has 0 aromatic carbocycles. The molecule has 114 valence electrons. The second kappa shape index (κ2) is 4.52. The Morgan fingerprint density at radius 3 is 2.35 bits per heavy atom. The zero-order valence-corrected chi connectivity index (χ0v) is 14.9. The highest BCUT2D eigenvalue weighted by molar-refractivity contribution is 6.87. The number of carbonyl (C=O) groups is 1. The van der Waals surface area contributed by atoms with Crippen LogP contribution in [0.15, 0.2) is 11.3 Å². The molecular formula is C16H29NO2Si. The molecule has 1 N–H and O–H groups in total. The Hall–Kier alpha value is -0.453. The number of allylic oxidation sites excluding steroid dienone is 1. The van der Waals surface area contributed by atoms with E-state index in [4.69, 9.17) is 0 Å². The van der Waals surface area contributed by atoms with Gasteiger partial charge in [-0.1, -0.05) is 39.1 Å². The summed E-state index contributed by atoms with van der Waals surface area (Å²) in [4.78, 5) is 14.7. The van der Waals surface area contributed by atoms with Crippen molar-refractivity contribution < 1.29 is 9.90 Å². The summed E-state index contributed by atoms with van der Waals surface area (Å²) in [5, 5.41) is 11.8. The molecule has 0 aromatic rings. The molecule has 0 amide bonds. The summed E-state index contributed by atoms with van der Waals surface area (Å²) in [5.41, 5.74) is -0.237. The first-order chi connectivity index (χ1) is 8.96. The van der Waals surface area contributed by atoms with Crippen molar-refractivity contribution in [3.05, 3.63) is 11.3 Å². The maximum Gasteiger partial charge on any atom is 0.163 e. The van der Waals surface area contributed by atoms with E-state index in [0.29, 0.717) is 0 Å². The molecule has 0 spiro atoms. The lowest BCUT2D eigenvalue weighted by Gasteiger charge is -2.49. The molecule has 3 atom stereocenters. The van der Waals surface area contributed by atoms with Crippen LogP contribution in [0.3, 0.4) is 0 Å². The summed E-state index contributed by atoms with van der Waals surface area (Å²) in [6.45, 7) is 11.6. The molecule has 0 saturated heterocycles. The third-order valence-electron chi connectivity index (χ3n) is 6.13. The molecule has 20 heavy (non-hydrogen) atoms. The molecule has 4 heteroatoms. The van der Waals surface area contributed by atoms with E-state index in [1.165, 1.54) is 5.20 Å². The van der Waals surface area contributed by atoms with Gasteiger partial charge in [0.15, 0.2) is 5.78 Å². The van der Waals surface area contributed by atoms with Crippen molar-refractivity contribution >= 4 is 13.9 Å². The first-order valence-corrected chi connectivity index (χ1v) is 10.6. The number of likely N-dealkylation sites (N-methyl/N-ethyl adjacent to an activating group) is 1. The van der Waals surface area contributed by atoms with E-state index < -0.39 is 14.2 Å². The molecule has 1 fully saturated rings. The highest BCUT2D eigenvalue weighted by atomic mass is 28.3. The van der Waals surface area contributed by atoms with E-state index in [0.717, 1.165) is 12.8 Å². The Balaban J connectivity index is 2.59. The molecule has 2 rings (SSSR count). The zero-order chi connectivity index (χ0) is 15.5. The third kappa shape index (κ3) is 1.88. The number of fused-ring (bicyclic) bond motifs is 1. The Labute approximate surface area is 124 Å². The van der Waals surface area contributed by atoms with Crippen LogP contribution in [0, 0.1) is 5.92 Å². The molecule has 2 aliphatic carbocycles. The van der Waals surface area contributed by atoms with Gasteiger partial charge in [-0.2, -0.15) is 0 Å². The highest BCUT2D eigenvalue weighted by Gasteiger charge is 2.62. The van der Waals surface area contributed by atoms with Crippen molar-refractivity contribution in [1.82, 2.24) is 4.90 Å². The third-order valence-corrected chi connectivity index (χ3v) is 11.8. The van der Waals surface area contributed by atoms with E-state index in [9.17, 15) is 9.90 Å². The van der Waals surface area contributed by atoms with Crippen LogP contribution in [-0.2, 0) is 4.79 Å². The van der Waals surface area contributed by atoms with Gasteiger partial charge in [-0.05, 0) is 38.1 Å². The van der Waals surface area contributed by atoms with E-state index in [-0.39, 0.29) is 22.3 Å². The minimum Gasteiger partial charge on any atom is -0.392 e. The molecule has 2 aliphatic rings. The number of nitrogens with zero attached hydrogens (tertiary/aromatic N) is 1. The standard InChI is InChI=1S/C16H29NO2Si/c1-15(2,3)20(6,7)13-10-12(19)14-11(18)8-9-16(13,14)17(4)5/h10-11,14,18H,8-9H2,1-7H3/t11?,14?,16-/m1/s1. The summed E-state index contributed by atoms with van der Waals surface area (Å²) in [5.74, 6) is -0.106. The number of carbonyl (C=O) groups excluding carboxylic acids is 1. The molecule has 0 heterocycles. The molecule has 0 radical (unpaired) electrons. The van der Waals surface area contributed by atoms with Gasteiger partial charge in [0.1, 0.15) is 0 Å². The van der Waals surface area contributed by atoms with Gasteiger partial charge in [0, 0.05) is 0 Å². The van der Waals surface area contributed by atoms with Crippen molar-refractivity contribution in [3.8, 4) is 0 Å². The summed E-state index contributed by atoms with van der Waals surface area (Å²) in [7, 11) is 2.34. The van der Waals surface area contributed by atoms with Crippen LogP contribution in [0.1, 0.15) is 33.6 Å². The van der Waals surface area contributed by atoms with Gasteiger partial charge in [0.25, 0.3) is 0 Å². The van der Waals surface area contributed by atoms with Gasteiger partial charge in [-0.3, -0.25) is 9.69 Å². The SMILES string of the molecule is CN(C)[C@@]12CCC(O)C1C(=O)C=C2[Si](C)(C)C(C)(C)C. The van der Waals surface area contributed by atoms with Gasteiger partial charge in [0.05, 0.1) is 25.6 Å². The fourth-order valence-electron chi connectivity index (χ4n) is 3.96. The van der Waals surface area contributed by atoms with Crippen LogP contribution in [0.25, 0.3) is 0 Å². The smallest absolute Gasteiger partial charge is 0.163 e. The van der Waals surface area contributed by atoms with Gasteiger partial charge in [-0.25, -0.2) is 0 Å². The van der Waals surface area contributed by atoms with E-state index in [1.54, 1.807) is 0 Å². The lowest BCUT2D eigenvalue weighted by Crippen LogP contribution is -2.57. The van der Waals surface area contributed by atoms with Crippen molar-refractivity contribution in [1.29, 1.82) is 0 Å². The molecule has 0 bridgehead atoms. The van der Waals surface area contributed by atoms with Crippen molar-refractivity contribution in [3.63, 3.8) is 0 Å². The largest absolute Gasteiger partial charge is 0.392 e. The molecule has 0 aliphatic heterocycles. The second-order valence-corrected chi connectivity index (χ2v) is 13.5. The normalized spacial score (nSPS) is 34.6. The van der Waals surface area contributed by atoms with E-state index in [2.05, 4.69) is 52.9 Å². The Morgan fingerprint density at radius 2 is 1.90 bits per heavy atom. The van der Waals surface area contributed by atoms with Gasteiger partial charge in [0.2, 0.25) is 0 Å². The predicted molar refractivity (Wildman–Crippen MR) is 85.4 cm³/mol. The van der Waals surface area contributed by atoms with Crippen molar-refractivity contribution in [2.75, 3.05) is 14.1 Å². The minimum absolute atomic E-state index is 0.142. The molecular weight excluding hydrogens is 266 g/mol. The van der Waals surface area contributed by atoms with Gasteiger partial charge in [-0.15, -0.1) is 0 Å². The summed E-state index contributed by atoms with van der Waals surface area (Å²) >= 11 is 0. The molecule has 0 aromatic heterocycles. The molecule has 2 unspecified atom stereocenters. The Bertz CT molecular complexity index is 462. The van der Waals surface area contributed by atoms with Crippen LogP contribution in [-0.4, -0.2) is 49.6 Å². The molecule has 1 saturated carbocycles. The fourth-order valence-corrected chi connectivity index (χ4v) is 6.86. The Kier molecular flexibility index (Phi) is 3.60. The quantitative estimate of drug-likeness (QED) is 0.796. The number of rotatable bonds is 2. The average molecular weight is 295 g/mol. The lowest BCUT2D eigenvalue weighted by atomic mass is 9.87. The monoisotopic (exact) mass is 295 g/mol. The minimum atomic E-state index is -1.78. The summed E-state index contributed by atoms with van der Waals surface area (Å²) < 4.78 is 0. The Morgan fingerprint density at radius 1 is 1.35 bits per heavy atom. The van der Waals surface area contributed by atoms with Gasteiger partial charge < -0.3 is 5.11 Å². The second-order valence-electron chi connectivity index (χ2n) is 8.24. The topological polar surface area (TPSA) is 40.5 Å². The number of hydrogen-bond donors (Lipinski definition) is 1. The van der Waals surface area contributed by atoms with Crippen LogP contribution >= 0.6 is 0 Å². The number of aliphatic hydroxyl groups excluding tert-OH is 1. The lowest BCUT2D eigenvalue weighted by molar-refractivity contribution is -0.122. The maximum atomic E-state index is 12.5. The number of aliphatic hydroxyl groups is 1. The zero-order valence-electron chi connectivity index (χ0n) is 13.9. The predicted octanol–water partition coefficient (Wildman–Crippen LogP) is 2.61. The van der Waals surface area contributed by atoms with Crippen LogP contribution < -0.4 is 0 Å². The number of ketones is 1. The van der Waals surface area contributed by atoms with E-state index >= 15 is 0 Å².